The van der Waals surface area contributed by atoms with Crippen LogP contribution in [-0.2, 0) is 6.18 Å². The molecule has 152 valence electrons. The van der Waals surface area contributed by atoms with E-state index in [1.54, 1.807) is 37.5 Å². The Labute approximate surface area is 172 Å². The van der Waals surface area contributed by atoms with Crippen molar-refractivity contribution in [1.82, 2.24) is 0 Å². The maximum Gasteiger partial charge on any atom is 0.416 e. The van der Waals surface area contributed by atoms with Crippen LogP contribution in [0.5, 0.6) is 5.75 Å². The van der Waals surface area contributed by atoms with Crippen LogP contribution in [0.15, 0.2) is 84.4 Å². The molecule has 6 heteroatoms. The number of alkyl halides is 3. The maximum absolute atomic E-state index is 13.0. The van der Waals surface area contributed by atoms with Crippen LogP contribution in [0.4, 0.5) is 13.2 Å². The van der Waals surface area contributed by atoms with Crippen molar-refractivity contribution in [2.75, 3.05) is 7.11 Å². The third-order valence-corrected chi connectivity index (χ3v) is 5.06. The summed E-state index contributed by atoms with van der Waals surface area (Å²) in [4.78, 5) is 0. The standard InChI is InChI=1S/C24H18F3NO2/c1-30-20-13-9-18(10-14-20)23-21(22(28(23)29)17-5-3-2-4-6-17)15-16-7-11-19(12-8-16)24(25,26)27/h2-15,22H,1H3/b21-15+. The SMILES string of the molecule is COc1ccc(C2=[N+]([O-])C(c3ccccc3)/C2=C\c2ccc(C(F)(F)F)cc2)cc1. The Morgan fingerprint density at radius 1 is 0.900 bits per heavy atom. The van der Waals surface area contributed by atoms with Crippen LogP contribution in [0, 0.1) is 5.21 Å². The Kier molecular flexibility index (Phi) is 5.08. The first-order valence-corrected chi connectivity index (χ1v) is 9.30. The van der Waals surface area contributed by atoms with Gasteiger partial charge in [0.25, 0.3) is 0 Å². The zero-order valence-electron chi connectivity index (χ0n) is 16.1. The molecule has 0 N–H and O–H groups in total. The highest BCUT2D eigenvalue weighted by molar-refractivity contribution is 6.15. The molecule has 1 aliphatic rings. The lowest BCUT2D eigenvalue weighted by molar-refractivity contribution is -0.516. The van der Waals surface area contributed by atoms with E-state index in [0.29, 0.717) is 17.0 Å². The second kappa shape index (κ2) is 7.71. The monoisotopic (exact) mass is 409 g/mol. The van der Waals surface area contributed by atoms with Crippen molar-refractivity contribution >= 4 is 11.8 Å². The van der Waals surface area contributed by atoms with Gasteiger partial charge in [-0.15, -0.1) is 0 Å². The molecule has 30 heavy (non-hydrogen) atoms. The molecule has 3 aromatic carbocycles. The number of ether oxygens (including phenoxy) is 1. The average Bonchev–Trinajstić information content (AvgIpc) is 2.74. The molecule has 0 aromatic heterocycles. The minimum atomic E-state index is -4.39. The zero-order chi connectivity index (χ0) is 21.3. The third kappa shape index (κ3) is 3.68. The van der Waals surface area contributed by atoms with E-state index in [9.17, 15) is 18.4 Å². The number of benzene rings is 3. The Hall–Kier alpha value is -3.54. The highest BCUT2D eigenvalue weighted by Gasteiger charge is 2.43. The molecule has 1 atom stereocenters. The number of hydroxylamine groups is 1. The normalized spacial score (nSPS) is 17.7. The quantitative estimate of drug-likeness (QED) is 0.400. The molecule has 0 radical (unpaired) electrons. The summed E-state index contributed by atoms with van der Waals surface area (Å²) in [7, 11) is 1.56. The van der Waals surface area contributed by atoms with Gasteiger partial charge in [0.05, 0.1) is 18.2 Å². The fraction of sp³-hybridized carbons (Fsp3) is 0.125. The van der Waals surface area contributed by atoms with Crippen molar-refractivity contribution in [1.29, 1.82) is 0 Å². The zero-order valence-corrected chi connectivity index (χ0v) is 16.1. The predicted molar refractivity (Wildman–Crippen MR) is 109 cm³/mol. The summed E-state index contributed by atoms with van der Waals surface area (Å²) in [6.45, 7) is 0. The van der Waals surface area contributed by atoms with E-state index in [1.165, 1.54) is 12.1 Å². The van der Waals surface area contributed by atoms with Gasteiger partial charge in [0.2, 0.25) is 11.8 Å². The molecule has 0 spiro atoms. The van der Waals surface area contributed by atoms with Gasteiger partial charge >= 0.3 is 6.18 Å². The van der Waals surface area contributed by atoms with E-state index in [1.807, 2.05) is 30.3 Å². The van der Waals surface area contributed by atoms with Gasteiger partial charge in [0, 0.05) is 11.1 Å². The minimum Gasteiger partial charge on any atom is -0.623 e. The predicted octanol–water partition coefficient (Wildman–Crippen LogP) is 5.85. The molecule has 1 aliphatic heterocycles. The van der Waals surface area contributed by atoms with Crippen LogP contribution in [0.2, 0.25) is 0 Å². The summed E-state index contributed by atoms with van der Waals surface area (Å²) < 4.78 is 44.7. The molecule has 4 rings (SSSR count). The van der Waals surface area contributed by atoms with Crippen molar-refractivity contribution < 1.29 is 22.6 Å². The van der Waals surface area contributed by atoms with Gasteiger partial charge in [0.1, 0.15) is 5.75 Å². The molecule has 0 saturated heterocycles. The summed E-state index contributed by atoms with van der Waals surface area (Å²) in [6, 6.07) is 20.8. The highest BCUT2D eigenvalue weighted by Crippen LogP contribution is 2.38. The lowest BCUT2D eigenvalue weighted by Crippen LogP contribution is -2.37. The maximum atomic E-state index is 13.0. The average molecular weight is 409 g/mol. The van der Waals surface area contributed by atoms with Gasteiger partial charge in [-0.1, -0.05) is 42.5 Å². The van der Waals surface area contributed by atoms with Gasteiger partial charge in [-0.3, -0.25) is 0 Å². The molecule has 0 bridgehead atoms. The molecule has 0 saturated carbocycles. The third-order valence-electron chi connectivity index (χ3n) is 5.06. The van der Waals surface area contributed by atoms with E-state index < -0.39 is 17.8 Å². The molecule has 1 unspecified atom stereocenters. The number of rotatable bonds is 4. The Bertz CT molecular complexity index is 1100. The smallest absolute Gasteiger partial charge is 0.416 e. The van der Waals surface area contributed by atoms with Crippen LogP contribution < -0.4 is 4.74 Å². The number of nitrogens with zero attached hydrogens (tertiary/aromatic N) is 1. The second-order valence-electron chi connectivity index (χ2n) is 6.94. The first-order valence-electron chi connectivity index (χ1n) is 9.30. The molecular weight excluding hydrogens is 391 g/mol. The number of hydrogen-bond donors (Lipinski definition) is 0. The van der Waals surface area contributed by atoms with Gasteiger partial charge in [-0.2, -0.15) is 17.9 Å². The molecule has 1 heterocycles. The summed E-state index contributed by atoms with van der Waals surface area (Å²) in [6.07, 6.45) is -2.62. The summed E-state index contributed by atoms with van der Waals surface area (Å²) in [5.74, 6) is 0.670. The van der Waals surface area contributed by atoms with Crippen molar-refractivity contribution in [3.05, 3.63) is 112 Å². The lowest BCUT2D eigenvalue weighted by atomic mass is 9.84. The van der Waals surface area contributed by atoms with E-state index in [2.05, 4.69) is 0 Å². The Morgan fingerprint density at radius 3 is 2.10 bits per heavy atom. The number of halogens is 3. The minimum absolute atomic E-state index is 0.492. The van der Waals surface area contributed by atoms with Crippen molar-refractivity contribution in [3.63, 3.8) is 0 Å². The number of hydrogen-bond acceptors (Lipinski definition) is 2. The lowest BCUT2D eigenvalue weighted by Gasteiger charge is -2.31. The molecule has 0 amide bonds. The fourth-order valence-electron chi connectivity index (χ4n) is 3.53. The van der Waals surface area contributed by atoms with Crippen molar-refractivity contribution in [2.45, 2.75) is 12.2 Å². The van der Waals surface area contributed by atoms with Gasteiger partial charge in [0.15, 0.2) is 0 Å². The van der Waals surface area contributed by atoms with Crippen molar-refractivity contribution in [2.24, 2.45) is 0 Å². The van der Waals surface area contributed by atoms with Crippen LogP contribution in [0.3, 0.4) is 0 Å². The first-order chi connectivity index (χ1) is 14.4. The van der Waals surface area contributed by atoms with Gasteiger partial charge in [-0.05, 0) is 48.0 Å². The van der Waals surface area contributed by atoms with E-state index in [0.717, 1.165) is 33.6 Å². The topological polar surface area (TPSA) is 35.3 Å². The molecular formula is C24H18F3NO2. The van der Waals surface area contributed by atoms with E-state index >= 15 is 0 Å². The molecule has 3 aromatic rings. The first kappa shape index (κ1) is 19.8. The van der Waals surface area contributed by atoms with E-state index in [-0.39, 0.29) is 0 Å². The number of methoxy groups -OCH3 is 1. The summed E-state index contributed by atoms with van der Waals surface area (Å²) in [5.41, 5.74) is 2.67. The Morgan fingerprint density at radius 2 is 1.53 bits per heavy atom. The highest BCUT2D eigenvalue weighted by atomic mass is 19.4. The van der Waals surface area contributed by atoms with Crippen LogP contribution in [0.25, 0.3) is 6.08 Å². The fourth-order valence-corrected chi connectivity index (χ4v) is 3.53. The van der Waals surface area contributed by atoms with Crippen molar-refractivity contribution in [3.8, 4) is 5.75 Å². The van der Waals surface area contributed by atoms with Crippen LogP contribution >= 0.6 is 0 Å². The van der Waals surface area contributed by atoms with Crippen LogP contribution in [-0.4, -0.2) is 17.6 Å². The largest absolute Gasteiger partial charge is 0.623 e. The molecule has 0 aliphatic carbocycles. The second-order valence-corrected chi connectivity index (χ2v) is 6.94. The summed E-state index contributed by atoms with van der Waals surface area (Å²) >= 11 is 0. The summed E-state index contributed by atoms with van der Waals surface area (Å²) in [5, 5.41) is 13.0. The van der Waals surface area contributed by atoms with Crippen LogP contribution in [0.1, 0.15) is 28.3 Å². The van der Waals surface area contributed by atoms with Gasteiger partial charge in [-0.25, -0.2) is 0 Å². The molecule has 0 fully saturated rings. The Balaban J connectivity index is 1.77. The molecule has 3 nitrogen and oxygen atoms in total. The van der Waals surface area contributed by atoms with E-state index in [4.69, 9.17) is 4.74 Å². The van der Waals surface area contributed by atoms with Gasteiger partial charge < -0.3 is 9.94 Å².